The van der Waals surface area contributed by atoms with E-state index in [1.54, 1.807) is 0 Å². The third-order valence-electron chi connectivity index (χ3n) is 4.29. The average molecular weight is 291 g/mol. The van der Waals surface area contributed by atoms with Crippen molar-refractivity contribution in [3.63, 3.8) is 0 Å². The van der Waals surface area contributed by atoms with E-state index in [1.807, 2.05) is 50.8 Å². The van der Waals surface area contributed by atoms with Gasteiger partial charge in [-0.15, -0.1) is 0 Å². The van der Waals surface area contributed by atoms with Gasteiger partial charge in [-0.25, -0.2) is 0 Å². The average Bonchev–Trinajstić information content (AvgIpc) is 2.90. The summed E-state index contributed by atoms with van der Waals surface area (Å²) in [6.07, 6.45) is 5.85. The quantitative estimate of drug-likeness (QED) is 0.865. The molecule has 1 aliphatic heterocycles. The molecule has 0 atom stereocenters. The van der Waals surface area contributed by atoms with E-state index in [0.29, 0.717) is 12.6 Å². The normalized spacial score (nSPS) is 21.3. The summed E-state index contributed by atoms with van der Waals surface area (Å²) in [6, 6.07) is 0.338. The number of nitrogens with zero attached hydrogens (tertiary/aromatic N) is 2. The van der Waals surface area contributed by atoms with Crippen molar-refractivity contribution in [2.45, 2.75) is 58.8 Å². The summed E-state index contributed by atoms with van der Waals surface area (Å²) in [6.45, 7) is 12.7. The predicted molar refractivity (Wildman–Crippen MR) is 85.7 cm³/mol. The summed E-state index contributed by atoms with van der Waals surface area (Å²) >= 11 is 0. The Balaban J connectivity index is 2.22. The topological polar surface area (TPSA) is 62.3 Å². The highest BCUT2D eigenvalue weighted by Gasteiger charge is 2.52. The lowest BCUT2D eigenvalue weighted by molar-refractivity contribution is 0.00578. The molecule has 21 heavy (non-hydrogen) atoms. The molecule has 1 aromatic heterocycles. The molecule has 2 heterocycles. The molecule has 6 heteroatoms. The molecule has 2 rings (SSSR count). The van der Waals surface area contributed by atoms with Crippen molar-refractivity contribution in [2.75, 3.05) is 6.54 Å². The first-order valence-corrected chi connectivity index (χ1v) is 7.46. The van der Waals surface area contributed by atoms with Gasteiger partial charge in [0.15, 0.2) is 0 Å². The van der Waals surface area contributed by atoms with Gasteiger partial charge in [0.1, 0.15) is 0 Å². The Morgan fingerprint density at radius 3 is 2.33 bits per heavy atom. The van der Waals surface area contributed by atoms with Crippen LogP contribution in [0.1, 0.15) is 53.1 Å². The summed E-state index contributed by atoms with van der Waals surface area (Å²) in [5.41, 5.74) is 7.12. The Labute approximate surface area is 127 Å². The van der Waals surface area contributed by atoms with Crippen LogP contribution < -0.4 is 5.73 Å². The molecule has 0 amide bonds. The maximum atomic E-state index is 6.05. The van der Waals surface area contributed by atoms with Crippen molar-refractivity contribution in [3.05, 3.63) is 23.4 Å². The zero-order valence-electron chi connectivity index (χ0n) is 13.9. The lowest BCUT2D eigenvalue weighted by Gasteiger charge is -2.32. The second-order valence-electron chi connectivity index (χ2n) is 6.86. The minimum absolute atomic E-state index is 0.338. The fourth-order valence-corrected chi connectivity index (χ4v) is 2.14. The van der Waals surface area contributed by atoms with Crippen LogP contribution in [0.4, 0.5) is 0 Å². The van der Waals surface area contributed by atoms with Crippen LogP contribution in [0.3, 0.4) is 0 Å². The minimum atomic E-state index is -0.401. The predicted octanol–water partition coefficient (Wildman–Crippen LogP) is 2.44. The zero-order chi connectivity index (χ0) is 15.8. The largest absolute Gasteiger partial charge is 0.491 e. The van der Waals surface area contributed by atoms with E-state index in [4.69, 9.17) is 15.0 Å². The van der Waals surface area contributed by atoms with E-state index >= 15 is 0 Å². The van der Waals surface area contributed by atoms with E-state index in [1.165, 1.54) is 0 Å². The maximum absolute atomic E-state index is 6.05. The zero-order valence-corrected chi connectivity index (χ0v) is 13.9. The van der Waals surface area contributed by atoms with Crippen LogP contribution in [0.25, 0.3) is 6.08 Å². The highest BCUT2D eigenvalue weighted by molar-refractivity contribution is 6.55. The van der Waals surface area contributed by atoms with Gasteiger partial charge in [0.05, 0.1) is 17.4 Å². The Kier molecular flexibility index (Phi) is 4.33. The molecule has 5 nitrogen and oxygen atoms in total. The highest BCUT2D eigenvalue weighted by Crippen LogP contribution is 2.38. The van der Waals surface area contributed by atoms with Crippen LogP contribution in [-0.2, 0) is 9.31 Å². The third-order valence-corrected chi connectivity index (χ3v) is 4.29. The van der Waals surface area contributed by atoms with Gasteiger partial charge < -0.3 is 15.0 Å². The number of aromatic nitrogens is 2. The molecule has 1 aromatic rings. The second-order valence-corrected chi connectivity index (χ2v) is 6.86. The molecule has 0 bridgehead atoms. The molecule has 0 spiro atoms. The molecule has 0 unspecified atom stereocenters. The molecular weight excluding hydrogens is 265 g/mol. The van der Waals surface area contributed by atoms with Crippen LogP contribution in [0.2, 0.25) is 0 Å². The van der Waals surface area contributed by atoms with Crippen LogP contribution in [0, 0.1) is 0 Å². The van der Waals surface area contributed by atoms with E-state index in [9.17, 15) is 0 Å². The summed E-state index contributed by atoms with van der Waals surface area (Å²) in [7, 11) is -0.401. The van der Waals surface area contributed by atoms with Gasteiger partial charge in [-0.05, 0) is 47.0 Å². The molecule has 1 fully saturated rings. The SMILES string of the molecule is CC(C)n1cc(C=C(CN)B2OC(C)(C)C(C)(C)O2)cn1. The van der Waals surface area contributed by atoms with Crippen LogP contribution in [-0.4, -0.2) is 34.6 Å². The van der Waals surface area contributed by atoms with E-state index < -0.39 is 7.12 Å². The maximum Gasteiger partial charge on any atom is 0.491 e. The lowest BCUT2D eigenvalue weighted by Crippen LogP contribution is -2.41. The third kappa shape index (κ3) is 3.22. The molecule has 1 saturated heterocycles. The van der Waals surface area contributed by atoms with Crippen molar-refractivity contribution in [3.8, 4) is 0 Å². The molecule has 0 radical (unpaired) electrons. The minimum Gasteiger partial charge on any atom is -0.400 e. The second kappa shape index (κ2) is 5.59. The summed E-state index contributed by atoms with van der Waals surface area (Å²) in [5.74, 6) is 0. The Bertz CT molecular complexity index is 519. The van der Waals surface area contributed by atoms with Crippen molar-refractivity contribution in [2.24, 2.45) is 5.73 Å². The summed E-state index contributed by atoms with van der Waals surface area (Å²) in [4.78, 5) is 0. The number of hydrogen-bond acceptors (Lipinski definition) is 4. The molecular formula is C15H26BN3O2. The van der Waals surface area contributed by atoms with Crippen molar-refractivity contribution < 1.29 is 9.31 Å². The van der Waals surface area contributed by atoms with E-state index in [-0.39, 0.29) is 11.2 Å². The van der Waals surface area contributed by atoms with E-state index in [2.05, 4.69) is 18.9 Å². The summed E-state index contributed by atoms with van der Waals surface area (Å²) in [5, 5.41) is 4.34. The lowest BCUT2D eigenvalue weighted by atomic mass is 9.77. The Morgan fingerprint density at radius 1 is 1.33 bits per heavy atom. The van der Waals surface area contributed by atoms with Crippen molar-refractivity contribution >= 4 is 13.2 Å². The number of nitrogens with two attached hydrogens (primary N) is 1. The van der Waals surface area contributed by atoms with Crippen LogP contribution in [0.15, 0.2) is 17.9 Å². The summed E-state index contributed by atoms with van der Waals surface area (Å²) < 4.78 is 14.0. The molecule has 0 aromatic carbocycles. The monoisotopic (exact) mass is 291 g/mol. The molecule has 0 saturated carbocycles. The number of hydrogen-bond donors (Lipinski definition) is 1. The van der Waals surface area contributed by atoms with Crippen molar-refractivity contribution in [1.82, 2.24) is 9.78 Å². The van der Waals surface area contributed by atoms with Gasteiger partial charge in [0.25, 0.3) is 0 Å². The standard InChI is InChI=1S/C15H26BN3O2/c1-11(2)19-10-12(9-18-19)7-13(8-17)16-20-14(3,4)15(5,6)21-16/h7,9-11H,8,17H2,1-6H3. The Morgan fingerprint density at radius 2 is 1.90 bits per heavy atom. The first-order chi connectivity index (χ1) is 9.66. The Hall–Kier alpha value is -1.11. The fraction of sp³-hybridized carbons (Fsp3) is 0.667. The van der Waals surface area contributed by atoms with Crippen LogP contribution >= 0.6 is 0 Å². The fourth-order valence-electron chi connectivity index (χ4n) is 2.14. The van der Waals surface area contributed by atoms with Gasteiger partial charge in [-0.3, -0.25) is 4.68 Å². The molecule has 1 aliphatic rings. The van der Waals surface area contributed by atoms with Gasteiger partial charge in [-0.2, -0.15) is 5.10 Å². The highest BCUT2D eigenvalue weighted by atomic mass is 16.7. The first-order valence-electron chi connectivity index (χ1n) is 7.46. The molecule has 0 aliphatic carbocycles. The van der Waals surface area contributed by atoms with Gasteiger partial charge in [0.2, 0.25) is 0 Å². The van der Waals surface area contributed by atoms with Crippen LogP contribution in [0.5, 0.6) is 0 Å². The smallest absolute Gasteiger partial charge is 0.400 e. The van der Waals surface area contributed by atoms with Gasteiger partial charge in [0, 0.05) is 24.3 Å². The van der Waals surface area contributed by atoms with Crippen molar-refractivity contribution in [1.29, 1.82) is 0 Å². The first kappa shape index (κ1) is 16.3. The number of rotatable bonds is 4. The molecule has 116 valence electrons. The van der Waals surface area contributed by atoms with Gasteiger partial charge >= 0.3 is 7.12 Å². The van der Waals surface area contributed by atoms with Gasteiger partial charge in [-0.1, -0.05) is 6.08 Å². The molecule has 2 N–H and O–H groups in total. The van der Waals surface area contributed by atoms with E-state index in [0.717, 1.165) is 11.0 Å².